The van der Waals surface area contributed by atoms with Crippen LogP contribution in [0.5, 0.6) is 0 Å². The van der Waals surface area contributed by atoms with Crippen molar-refractivity contribution in [3.63, 3.8) is 0 Å². The molecule has 27 heavy (non-hydrogen) atoms. The van der Waals surface area contributed by atoms with Crippen LogP contribution >= 0.6 is 0 Å². The average molecular weight is 380 g/mol. The summed E-state index contributed by atoms with van der Waals surface area (Å²) in [6.45, 7) is 2.73. The third-order valence-electron chi connectivity index (χ3n) is 5.18. The summed E-state index contributed by atoms with van der Waals surface area (Å²) < 4.78 is 5.23. The van der Waals surface area contributed by atoms with Gasteiger partial charge >= 0.3 is 5.97 Å². The zero-order valence-corrected chi connectivity index (χ0v) is 17.5. The Morgan fingerprint density at radius 1 is 0.926 bits per heavy atom. The fraction of sp³-hybridized carbons (Fsp3) is 0.826. The monoisotopic (exact) mass is 379 g/mol. The number of allylic oxidation sites excluding steroid dienone is 2. The van der Waals surface area contributed by atoms with Crippen LogP contribution in [0, 0.1) is 0 Å². The van der Waals surface area contributed by atoms with E-state index in [9.17, 15) is 9.59 Å². The van der Waals surface area contributed by atoms with Crippen molar-refractivity contribution in [1.82, 2.24) is 5.32 Å². The van der Waals surface area contributed by atoms with Gasteiger partial charge in [-0.3, -0.25) is 4.79 Å². The van der Waals surface area contributed by atoms with E-state index < -0.39 is 6.04 Å². The topological polar surface area (TPSA) is 55.4 Å². The molecule has 0 spiro atoms. The summed E-state index contributed by atoms with van der Waals surface area (Å²) in [5.41, 5.74) is 0. The molecule has 0 bridgehead atoms. The summed E-state index contributed by atoms with van der Waals surface area (Å²) in [4.78, 5) is 22.8. The van der Waals surface area contributed by atoms with Gasteiger partial charge in [-0.2, -0.15) is 0 Å². The molecule has 1 atom stereocenters. The van der Waals surface area contributed by atoms with Crippen LogP contribution in [-0.2, 0) is 14.3 Å². The van der Waals surface area contributed by atoms with E-state index in [1.165, 1.54) is 77.0 Å². The molecule has 4 heteroatoms. The molecule has 0 radical (unpaired) electrons. The summed E-state index contributed by atoms with van der Waals surface area (Å²) >= 11 is 0. The largest absolute Gasteiger partial charge is 0.464 e. The Morgan fingerprint density at radius 3 is 2.04 bits per heavy atom. The Balaban J connectivity index is 1.75. The normalized spacial score (nSPS) is 16.8. The lowest BCUT2D eigenvalue weighted by Gasteiger charge is -2.09. The minimum atomic E-state index is -0.408. The number of rotatable bonds is 17. The number of ether oxygens (including phenoxy) is 1. The van der Waals surface area contributed by atoms with E-state index in [2.05, 4.69) is 24.4 Å². The summed E-state index contributed by atoms with van der Waals surface area (Å²) in [7, 11) is 0. The van der Waals surface area contributed by atoms with Gasteiger partial charge in [-0.25, -0.2) is 4.79 Å². The summed E-state index contributed by atoms with van der Waals surface area (Å²) in [5, 5.41) is 2.64. The third kappa shape index (κ3) is 13.5. The highest BCUT2D eigenvalue weighted by molar-refractivity contribution is 5.87. The lowest BCUT2D eigenvalue weighted by atomic mass is 10.1. The molecule has 0 unspecified atom stereocenters. The number of carbonyl (C=O) groups excluding carboxylic acids is 2. The first-order chi connectivity index (χ1) is 13.2. The lowest BCUT2D eigenvalue weighted by molar-refractivity contribution is -0.146. The van der Waals surface area contributed by atoms with Crippen LogP contribution in [0.1, 0.15) is 110 Å². The number of amides is 1. The van der Waals surface area contributed by atoms with Gasteiger partial charge in [0.15, 0.2) is 0 Å². The number of unbranched alkanes of at least 4 members (excludes halogenated alkanes) is 12. The lowest BCUT2D eigenvalue weighted by Crippen LogP contribution is -2.34. The first-order valence-electron chi connectivity index (χ1n) is 11.3. The van der Waals surface area contributed by atoms with Crippen molar-refractivity contribution in [2.24, 2.45) is 0 Å². The van der Waals surface area contributed by atoms with Gasteiger partial charge in [-0.15, -0.1) is 0 Å². The molecule has 1 aliphatic rings. The van der Waals surface area contributed by atoms with Gasteiger partial charge in [-0.1, -0.05) is 83.3 Å². The van der Waals surface area contributed by atoms with Crippen LogP contribution in [0.25, 0.3) is 0 Å². The molecule has 1 saturated heterocycles. The van der Waals surface area contributed by atoms with Crippen molar-refractivity contribution < 1.29 is 14.3 Å². The molecular weight excluding hydrogens is 338 g/mol. The SMILES string of the molecule is CCCC/C=C/CCCCCCCCCCCCOC(=O)[C@@H]1CCC(=O)N1. The molecule has 0 aromatic heterocycles. The summed E-state index contributed by atoms with van der Waals surface area (Å²) in [5.74, 6) is -0.312. The van der Waals surface area contributed by atoms with Gasteiger partial charge in [0.25, 0.3) is 0 Å². The maximum absolute atomic E-state index is 11.7. The van der Waals surface area contributed by atoms with Gasteiger partial charge in [0, 0.05) is 6.42 Å². The van der Waals surface area contributed by atoms with Crippen molar-refractivity contribution in [3.05, 3.63) is 12.2 Å². The standard InChI is InChI=1S/C23H41NO3/c1-2-3-4-5-6-7-8-9-10-11-12-13-14-15-16-17-20-27-23(26)21-18-19-22(25)24-21/h5-6,21H,2-4,7-20H2,1H3,(H,24,25)/b6-5+/t21-/m0/s1. The van der Waals surface area contributed by atoms with E-state index in [0.717, 1.165) is 12.8 Å². The molecule has 0 aromatic rings. The van der Waals surface area contributed by atoms with E-state index in [1.54, 1.807) is 0 Å². The molecule has 1 amide bonds. The van der Waals surface area contributed by atoms with Crippen LogP contribution in [0.2, 0.25) is 0 Å². The van der Waals surface area contributed by atoms with Gasteiger partial charge in [-0.05, 0) is 32.1 Å². The predicted molar refractivity (Wildman–Crippen MR) is 112 cm³/mol. The molecule has 1 heterocycles. The number of nitrogens with one attached hydrogen (secondary N) is 1. The van der Waals surface area contributed by atoms with Gasteiger partial charge in [0.05, 0.1) is 6.61 Å². The molecule has 0 saturated carbocycles. The second-order valence-electron chi connectivity index (χ2n) is 7.76. The first kappa shape index (κ1) is 23.7. The summed E-state index contributed by atoms with van der Waals surface area (Å²) in [6.07, 6.45) is 23.5. The maximum Gasteiger partial charge on any atom is 0.328 e. The predicted octanol–water partition coefficient (Wildman–Crippen LogP) is 5.85. The highest BCUT2D eigenvalue weighted by Gasteiger charge is 2.28. The second kappa shape index (κ2) is 16.8. The fourth-order valence-corrected chi connectivity index (χ4v) is 3.40. The van der Waals surface area contributed by atoms with Crippen molar-refractivity contribution >= 4 is 11.9 Å². The van der Waals surface area contributed by atoms with Gasteiger partial charge in [0.1, 0.15) is 6.04 Å². The number of hydrogen-bond acceptors (Lipinski definition) is 3. The van der Waals surface area contributed by atoms with E-state index in [4.69, 9.17) is 4.74 Å². The molecular formula is C23H41NO3. The zero-order chi connectivity index (χ0) is 19.6. The molecule has 0 aliphatic carbocycles. The molecule has 1 N–H and O–H groups in total. The molecule has 156 valence electrons. The summed E-state index contributed by atoms with van der Waals surface area (Å²) in [6, 6.07) is -0.408. The highest BCUT2D eigenvalue weighted by atomic mass is 16.5. The zero-order valence-electron chi connectivity index (χ0n) is 17.5. The van der Waals surface area contributed by atoms with Crippen LogP contribution in [0.4, 0.5) is 0 Å². The fourth-order valence-electron chi connectivity index (χ4n) is 3.40. The second-order valence-corrected chi connectivity index (χ2v) is 7.76. The van der Waals surface area contributed by atoms with E-state index in [0.29, 0.717) is 19.4 Å². The van der Waals surface area contributed by atoms with E-state index in [1.807, 2.05) is 0 Å². The van der Waals surface area contributed by atoms with Gasteiger partial charge < -0.3 is 10.1 Å². The van der Waals surface area contributed by atoms with Crippen LogP contribution in [0.3, 0.4) is 0 Å². The Kier molecular flexibility index (Phi) is 14.8. The number of carbonyl (C=O) groups is 2. The quantitative estimate of drug-likeness (QED) is 0.196. The van der Waals surface area contributed by atoms with E-state index in [-0.39, 0.29) is 11.9 Å². The molecule has 1 fully saturated rings. The van der Waals surface area contributed by atoms with Gasteiger partial charge in [0.2, 0.25) is 5.91 Å². The Labute approximate surface area is 166 Å². The van der Waals surface area contributed by atoms with Crippen LogP contribution in [0.15, 0.2) is 12.2 Å². The Bertz CT molecular complexity index is 420. The van der Waals surface area contributed by atoms with Crippen LogP contribution < -0.4 is 5.32 Å². The minimum Gasteiger partial charge on any atom is -0.464 e. The Morgan fingerprint density at radius 2 is 1.48 bits per heavy atom. The molecule has 1 rings (SSSR count). The smallest absolute Gasteiger partial charge is 0.328 e. The van der Waals surface area contributed by atoms with E-state index >= 15 is 0 Å². The number of esters is 1. The molecule has 0 aromatic carbocycles. The average Bonchev–Trinajstić information content (AvgIpc) is 3.10. The van der Waals surface area contributed by atoms with Crippen LogP contribution in [-0.4, -0.2) is 24.5 Å². The minimum absolute atomic E-state index is 0.0452. The third-order valence-corrected chi connectivity index (χ3v) is 5.18. The molecule has 1 aliphatic heterocycles. The first-order valence-corrected chi connectivity index (χ1v) is 11.3. The van der Waals surface area contributed by atoms with Crippen molar-refractivity contribution in [2.45, 2.75) is 116 Å². The Hall–Kier alpha value is -1.32. The molecule has 4 nitrogen and oxygen atoms in total. The van der Waals surface area contributed by atoms with Crippen molar-refractivity contribution in [3.8, 4) is 0 Å². The van der Waals surface area contributed by atoms with Crippen molar-refractivity contribution in [2.75, 3.05) is 6.61 Å². The maximum atomic E-state index is 11.7. The van der Waals surface area contributed by atoms with Crippen molar-refractivity contribution in [1.29, 1.82) is 0 Å². The highest BCUT2D eigenvalue weighted by Crippen LogP contribution is 2.12. The number of hydrogen-bond donors (Lipinski definition) is 1.